The number of H-pyrrole nitrogens is 1. The minimum atomic E-state index is -0.664. The Balaban J connectivity index is 2.26. The van der Waals surface area contributed by atoms with Gasteiger partial charge in [-0.25, -0.2) is 13.8 Å². The fraction of sp³-hybridized carbons (Fsp3) is 0. The second-order valence-electron chi connectivity index (χ2n) is 3.99. The molecule has 1 heterocycles. The number of rotatable bonds is 1. The molecule has 0 amide bonds. The smallest absolute Gasteiger partial charge is 0.153 e. The normalized spacial score (nSPS) is 11.2. The Morgan fingerprint density at radius 2 is 1.95 bits per heavy atom. The Morgan fingerprint density at radius 1 is 1.16 bits per heavy atom. The number of hydrogen-bond acceptors (Lipinski definition) is 1. The van der Waals surface area contributed by atoms with Crippen LogP contribution in [-0.2, 0) is 0 Å². The lowest BCUT2D eigenvalue weighted by atomic mass is 10.2. The number of benzene rings is 2. The summed E-state index contributed by atoms with van der Waals surface area (Å²) in [4.78, 5) is 7.15. The summed E-state index contributed by atoms with van der Waals surface area (Å²) in [7, 11) is 0. The van der Waals surface area contributed by atoms with Crippen LogP contribution in [0.4, 0.5) is 8.78 Å². The van der Waals surface area contributed by atoms with Crippen molar-refractivity contribution in [2.75, 3.05) is 0 Å². The molecule has 0 atom stereocenters. The van der Waals surface area contributed by atoms with E-state index in [-0.39, 0.29) is 5.52 Å². The Labute approximate surface area is 129 Å². The van der Waals surface area contributed by atoms with E-state index in [0.29, 0.717) is 11.3 Å². The van der Waals surface area contributed by atoms with Crippen molar-refractivity contribution in [1.29, 1.82) is 0 Å². The van der Waals surface area contributed by atoms with Crippen LogP contribution in [0.15, 0.2) is 34.8 Å². The van der Waals surface area contributed by atoms with Gasteiger partial charge in [0, 0.05) is 19.7 Å². The molecular weight excluding hydrogens is 429 g/mol. The lowest BCUT2D eigenvalue weighted by Gasteiger charge is -2.01. The molecule has 6 heteroatoms. The summed E-state index contributed by atoms with van der Waals surface area (Å²) >= 11 is 5.56. The Hall–Kier alpha value is -1.02. The third kappa shape index (κ3) is 2.38. The fourth-order valence-corrected chi connectivity index (χ4v) is 2.80. The van der Waals surface area contributed by atoms with E-state index in [1.54, 1.807) is 0 Å². The van der Waals surface area contributed by atoms with Gasteiger partial charge in [-0.3, -0.25) is 0 Å². The number of imidazole rings is 1. The lowest BCUT2D eigenvalue weighted by Crippen LogP contribution is -1.85. The first-order chi connectivity index (χ1) is 9.04. The van der Waals surface area contributed by atoms with E-state index in [1.807, 2.05) is 18.2 Å². The Kier molecular flexibility index (Phi) is 3.30. The maximum atomic E-state index is 13.6. The molecule has 0 unspecified atom stereocenters. The van der Waals surface area contributed by atoms with Crippen LogP contribution in [0, 0.1) is 15.2 Å². The summed E-state index contributed by atoms with van der Waals surface area (Å²) in [5, 5.41) is 0. The topological polar surface area (TPSA) is 28.7 Å². The fourth-order valence-electron chi connectivity index (χ4n) is 1.85. The third-order valence-corrected chi connectivity index (χ3v) is 4.12. The highest BCUT2D eigenvalue weighted by Gasteiger charge is 2.13. The first-order valence-corrected chi connectivity index (χ1v) is 7.22. The second kappa shape index (κ2) is 4.82. The molecule has 0 aliphatic rings. The predicted octanol–water partition coefficient (Wildman–Crippen LogP) is 4.88. The van der Waals surface area contributed by atoms with Crippen molar-refractivity contribution in [2.24, 2.45) is 0 Å². The van der Waals surface area contributed by atoms with Gasteiger partial charge in [0.15, 0.2) is 5.82 Å². The highest BCUT2D eigenvalue weighted by Crippen LogP contribution is 2.29. The zero-order chi connectivity index (χ0) is 13.6. The van der Waals surface area contributed by atoms with Gasteiger partial charge in [-0.15, -0.1) is 0 Å². The molecule has 0 aliphatic carbocycles. The molecule has 19 heavy (non-hydrogen) atoms. The van der Waals surface area contributed by atoms with E-state index in [9.17, 15) is 8.78 Å². The SMILES string of the molecule is Fc1cc(F)c2nc(-c3cc(Br)ccc3I)[nH]c2c1. The van der Waals surface area contributed by atoms with Gasteiger partial charge in [0.2, 0.25) is 0 Å². The third-order valence-electron chi connectivity index (χ3n) is 2.69. The molecule has 0 saturated carbocycles. The molecule has 1 aromatic heterocycles. The molecule has 3 aromatic rings. The van der Waals surface area contributed by atoms with Gasteiger partial charge in [-0.05, 0) is 46.9 Å². The Bertz CT molecular complexity index is 786. The van der Waals surface area contributed by atoms with Gasteiger partial charge in [0.25, 0.3) is 0 Å². The first kappa shape index (κ1) is 13.0. The van der Waals surface area contributed by atoms with Crippen LogP contribution in [0.1, 0.15) is 0 Å². The number of halogens is 4. The number of aromatic nitrogens is 2. The molecule has 1 N–H and O–H groups in total. The van der Waals surface area contributed by atoms with E-state index < -0.39 is 11.6 Å². The minimum absolute atomic E-state index is 0.146. The molecule has 0 saturated heterocycles. The molecule has 0 radical (unpaired) electrons. The highest BCUT2D eigenvalue weighted by atomic mass is 127. The van der Waals surface area contributed by atoms with E-state index >= 15 is 0 Å². The van der Waals surface area contributed by atoms with Gasteiger partial charge in [0.1, 0.15) is 17.2 Å². The van der Waals surface area contributed by atoms with E-state index in [2.05, 4.69) is 48.5 Å². The van der Waals surface area contributed by atoms with Crippen molar-refractivity contribution < 1.29 is 8.78 Å². The summed E-state index contributed by atoms with van der Waals surface area (Å²) in [6, 6.07) is 7.78. The van der Waals surface area contributed by atoms with Gasteiger partial charge < -0.3 is 4.98 Å². The van der Waals surface area contributed by atoms with Gasteiger partial charge in [-0.1, -0.05) is 15.9 Å². The molecule has 2 aromatic carbocycles. The molecule has 3 rings (SSSR count). The van der Waals surface area contributed by atoms with Gasteiger partial charge >= 0.3 is 0 Å². The van der Waals surface area contributed by atoms with Crippen molar-refractivity contribution in [2.45, 2.75) is 0 Å². The second-order valence-corrected chi connectivity index (χ2v) is 6.07. The maximum Gasteiger partial charge on any atom is 0.153 e. The van der Waals surface area contributed by atoms with Crippen LogP contribution >= 0.6 is 38.5 Å². The van der Waals surface area contributed by atoms with E-state index in [4.69, 9.17) is 0 Å². The predicted molar refractivity (Wildman–Crippen MR) is 81.9 cm³/mol. The standard InChI is InChI=1S/C13H6BrF2IN2/c14-6-1-2-10(17)8(3-6)13-18-11-5-7(15)4-9(16)12(11)19-13/h1-5H,(H,18,19). The highest BCUT2D eigenvalue weighted by molar-refractivity contribution is 14.1. The van der Waals surface area contributed by atoms with E-state index in [0.717, 1.165) is 19.7 Å². The van der Waals surface area contributed by atoms with Crippen LogP contribution in [0.2, 0.25) is 0 Å². The van der Waals surface area contributed by atoms with Crippen LogP contribution in [0.5, 0.6) is 0 Å². The quantitative estimate of drug-likeness (QED) is 0.543. The zero-order valence-electron chi connectivity index (χ0n) is 9.35. The van der Waals surface area contributed by atoms with Crippen molar-refractivity contribution in [1.82, 2.24) is 9.97 Å². The van der Waals surface area contributed by atoms with Crippen LogP contribution in [0.25, 0.3) is 22.4 Å². The zero-order valence-corrected chi connectivity index (χ0v) is 13.1. The van der Waals surface area contributed by atoms with Crippen molar-refractivity contribution in [3.05, 3.63) is 50.0 Å². The minimum Gasteiger partial charge on any atom is -0.338 e. The number of nitrogens with one attached hydrogen (secondary N) is 1. The number of hydrogen-bond donors (Lipinski definition) is 1. The molecule has 0 fully saturated rings. The summed E-state index contributed by atoms with van der Waals surface area (Å²) in [6.45, 7) is 0. The number of nitrogens with zero attached hydrogens (tertiary/aromatic N) is 1. The summed E-state index contributed by atoms with van der Waals surface area (Å²) < 4.78 is 28.6. The number of fused-ring (bicyclic) bond motifs is 1. The summed E-state index contributed by atoms with van der Waals surface area (Å²) in [6.07, 6.45) is 0. The van der Waals surface area contributed by atoms with Crippen molar-refractivity contribution in [3.63, 3.8) is 0 Å². The molecule has 0 aliphatic heterocycles. The monoisotopic (exact) mass is 434 g/mol. The summed E-state index contributed by atoms with van der Waals surface area (Å²) in [5.41, 5.74) is 1.33. The van der Waals surface area contributed by atoms with Crippen molar-refractivity contribution in [3.8, 4) is 11.4 Å². The Morgan fingerprint density at radius 3 is 2.74 bits per heavy atom. The van der Waals surface area contributed by atoms with Crippen molar-refractivity contribution >= 4 is 49.6 Å². The molecule has 0 bridgehead atoms. The average Bonchev–Trinajstić information content (AvgIpc) is 2.76. The molecule has 2 nitrogen and oxygen atoms in total. The number of aromatic amines is 1. The molecule has 0 spiro atoms. The molecular formula is C13H6BrF2IN2. The molecule has 96 valence electrons. The van der Waals surface area contributed by atoms with E-state index in [1.165, 1.54) is 6.07 Å². The van der Waals surface area contributed by atoms with Crippen LogP contribution in [0.3, 0.4) is 0 Å². The maximum absolute atomic E-state index is 13.6. The summed E-state index contributed by atoms with van der Waals surface area (Å²) in [5.74, 6) is -0.767. The first-order valence-electron chi connectivity index (χ1n) is 5.35. The van der Waals surface area contributed by atoms with Crippen LogP contribution in [-0.4, -0.2) is 9.97 Å². The van der Waals surface area contributed by atoms with Crippen LogP contribution < -0.4 is 0 Å². The average molecular weight is 435 g/mol. The van der Waals surface area contributed by atoms with Gasteiger partial charge in [-0.2, -0.15) is 0 Å². The lowest BCUT2D eigenvalue weighted by molar-refractivity contribution is 0.591. The largest absolute Gasteiger partial charge is 0.338 e. The van der Waals surface area contributed by atoms with Gasteiger partial charge in [0.05, 0.1) is 5.52 Å².